The number of nitrogens with one attached hydrogen (secondary N) is 1. The molecular weight excluding hydrogens is 284 g/mol. The zero-order valence-electron chi connectivity index (χ0n) is 13.0. The molecule has 0 aromatic carbocycles. The van der Waals surface area contributed by atoms with Crippen LogP contribution in [0.2, 0.25) is 0 Å². The lowest BCUT2D eigenvalue weighted by atomic mass is 10.2. The van der Waals surface area contributed by atoms with Crippen molar-refractivity contribution in [1.29, 1.82) is 0 Å². The first-order chi connectivity index (χ1) is 10.0. The van der Waals surface area contributed by atoms with Crippen molar-refractivity contribution in [2.75, 3.05) is 5.32 Å². The molecule has 21 heavy (non-hydrogen) atoms. The van der Waals surface area contributed by atoms with E-state index in [1.807, 2.05) is 18.3 Å². The summed E-state index contributed by atoms with van der Waals surface area (Å²) in [4.78, 5) is 12.5. The molecule has 2 aromatic rings. The van der Waals surface area contributed by atoms with Crippen molar-refractivity contribution in [3.05, 3.63) is 28.7 Å². The van der Waals surface area contributed by atoms with Gasteiger partial charge in [-0.3, -0.25) is 4.79 Å². The predicted molar refractivity (Wildman–Crippen MR) is 87.8 cm³/mol. The average molecular weight is 306 g/mol. The lowest BCUT2D eigenvalue weighted by molar-refractivity contribution is 0.511. The van der Waals surface area contributed by atoms with Crippen molar-refractivity contribution >= 4 is 16.5 Å². The van der Waals surface area contributed by atoms with Gasteiger partial charge >= 0.3 is 0 Å². The molecule has 1 atom stereocenters. The topological polar surface area (TPSA) is 59.8 Å². The van der Waals surface area contributed by atoms with Gasteiger partial charge in [-0.05, 0) is 31.4 Å². The molecule has 5 nitrogen and oxygen atoms in total. The Bertz CT molecular complexity index is 647. The Morgan fingerprint density at radius 1 is 1.33 bits per heavy atom. The van der Waals surface area contributed by atoms with Crippen LogP contribution in [0.4, 0.5) is 5.13 Å². The van der Waals surface area contributed by atoms with Gasteiger partial charge in [-0.15, -0.1) is 10.2 Å². The van der Waals surface area contributed by atoms with E-state index in [4.69, 9.17) is 0 Å². The highest BCUT2D eigenvalue weighted by molar-refractivity contribution is 7.18. The highest BCUT2D eigenvalue weighted by Crippen LogP contribution is 2.24. The molecule has 0 bridgehead atoms. The second-order valence-electron chi connectivity index (χ2n) is 5.64. The van der Waals surface area contributed by atoms with Crippen LogP contribution in [0, 0.1) is 5.92 Å². The van der Waals surface area contributed by atoms with Gasteiger partial charge in [0, 0.05) is 18.8 Å². The van der Waals surface area contributed by atoms with Crippen molar-refractivity contribution in [3.63, 3.8) is 0 Å². The van der Waals surface area contributed by atoms with E-state index in [-0.39, 0.29) is 5.56 Å². The van der Waals surface area contributed by atoms with Gasteiger partial charge in [0.1, 0.15) is 0 Å². The Morgan fingerprint density at radius 3 is 2.76 bits per heavy atom. The fraction of sp³-hybridized carbons (Fsp3) is 0.533. The molecule has 2 rings (SSSR count). The smallest absolute Gasteiger partial charge is 0.260 e. The summed E-state index contributed by atoms with van der Waals surface area (Å²) >= 11 is 1.42. The minimum atomic E-state index is -0.00237. The van der Waals surface area contributed by atoms with Crippen molar-refractivity contribution in [2.24, 2.45) is 5.92 Å². The zero-order valence-corrected chi connectivity index (χ0v) is 13.8. The van der Waals surface area contributed by atoms with Crippen molar-refractivity contribution in [3.8, 4) is 10.6 Å². The van der Waals surface area contributed by atoms with Crippen LogP contribution >= 0.6 is 11.3 Å². The van der Waals surface area contributed by atoms with Crippen LogP contribution < -0.4 is 10.9 Å². The highest BCUT2D eigenvalue weighted by atomic mass is 32.1. The largest absolute Gasteiger partial charge is 0.358 e. The SMILES string of the molecule is CCC(C)Nc1nnc(-c2cccn(CC(C)C)c2=O)s1. The second-order valence-corrected chi connectivity index (χ2v) is 6.62. The lowest BCUT2D eigenvalue weighted by Crippen LogP contribution is -2.22. The average Bonchev–Trinajstić information content (AvgIpc) is 2.88. The second kappa shape index (κ2) is 6.85. The van der Waals surface area contributed by atoms with Gasteiger partial charge in [-0.2, -0.15) is 0 Å². The normalized spacial score (nSPS) is 12.6. The maximum Gasteiger partial charge on any atom is 0.260 e. The Morgan fingerprint density at radius 2 is 2.10 bits per heavy atom. The third-order valence-electron chi connectivity index (χ3n) is 3.22. The molecule has 0 aliphatic carbocycles. The van der Waals surface area contributed by atoms with Gasteiger partial charge in [0.05, 0.1) is 5.56 Å². The first kappa shape index (κ1) is 15.7. The monoisotopic (exact) mass is 306 g/mol. The zero-order chi connectivity index (χ0) is 15.4. The van der Waals surface area contributed by atoms with Crippen LogP contribution in [0.1, 0.15) is 34.1 Å². The first-order valence-corrected chi connectivity index (χ1v) is 8.12. The number of hydrogen-bond donors (Lipinski definition) is 1. The molecule has 114 valence electrons. The summed E-state index contributed by atoms with van der Waals surface area (Å²) < 4.78 is 1.74. The Balaban J connectivity index is 2.28. The Labute approximate surface area is 129 Å². The van der Waals surface area contributed by atoms with E-state index in [9.17, 15) is 4.79 Å². The van der Waals surface area contributed by atoms with Gasteiger partial charge in [-0.25, -0.2) is 0 Å². The summed E-state index contributed by atoms with van der Waals surface area (Å²) in [6, 6.07) is 4.05. The molecule has 0 fully saturated rings. The van der Waals surface area contributed by atoms with Crippen LogP contribution in [0.25, 0.3) is 10.6 Å². The van der Waals surface area contributed by atoms with Crippen LogP contribution in [0.3, 0.4) is 0 Å². The highest BCUT2D eigenvalue weighted by Gasteiger charge is 2.13. The van der Waals surface area contributed by atoms with Gasteiger partial charge in [0.2, 0.25) is 5.13 Å². The molecule has 2 aromatic heterocycles. The Hall–Kier alpha value is -1.69. The molecule has 0 aliphatic rings. The molecule has 0 spiro atoms. The van der Waals surface area contributed by atoms with E-state index in [1.54, 1.807) is 4.57 Å². The number of nitrogens with zero attached hydrogens (tertiary/aromatic N) is 3. The third-order valence-corrected chi connectivity index (χ3v) is 4.11. The van der Waals surface area contributed by atoms with E-state index < -0.39 is 0 Å². The molecular formula is C15H22N4OS. The third kappa shape index (κ3) is 3.91. The maximum atomic E-state index is 12.5. The van der Waals surface area contributed by atoms with E-state index in [1.165, 1.54) is 11.3 Å². The molecule has 1 unspecified atom stereocenters. The molecule has 0 saturated carbocycles. The van der Waals surface area contributed by atoms with Crippen LogP contribution in [-0.4, -0.2) is 20.8 Å². The Kier molecular flexibility index (Phi) is 5.12. The number of pyridine rings is 1. The summed E-state index contributed by atoms with van der Waals surface area (Å²) in [5.41, 5.74) is 0.616. The molecule has 0 aliphatic heterocycles. The van der Waals surface area contributed by atoms with Crippen LogP contribution in [0.5, 0.6) is 0 Å². The standard InChI is InChI=1S/C15H22N4OS/c1-5-11(4)16-15-18-17-13(21-15)12-7-6-8-19(14(12)20)9-10(2)3/h6-8,10-11H,5,9H2,1-4H3,(H,16,18). The summed E-state index contributed by atoms with van der Waals surface area (Å²) in [5.74, 6) is 0.426. The number of rotatable bonds is 6. The molecule has 1 N–H and O–H groups in total. The van der Waals surface area contributed by atoms with E-state index in [2.05, 4.69) is 43.2 Å². The predicted octanol–water partition coefficient (Wildman–Crippen LogP) is 3.23. The van der Waals surface area contributed by atoms with Crippen LogP contribution in [0.15, 0.2) is 23.1 Å². The van der Waals surface area contributed by atoms with Gasteiger partial charge in [-0.1, -0.05) is 32.1 Å². The molecule has 6 heteroatoms. The summed E-state index contributed by atoms with van der Waals surface area (Å²) in [6.45, 7) is 9.11. The quantitative estimate of drug-likeness (QED) is 0.890. The molecule has 0 amide bonds. The molecule has 2 heterocycles. The van der Waals surface area contributed by atoms with Gasteiger partial charge in [0.25, 0.3) is 5.56 Å². The van der Waals surface area contributed by atoms with Crippen molar-refractivity contribution < 1.29 is 0 Å². The van der Waals surface area contributed by atoms with E-state index in [0.717, 1.165) is 11.6 Å². The van der Waals surface area contributed by atoms with Gasteiger partial charge < -0.3 is 9.88 Å². The van der Waals surface area contributed by atoms with Crippen molar-refractivity contribution in [1.82, 2.24) is 14.8 Å². The summed E-state index contributed by atoms with van der Waals surface area (Å²) in [7, 11) is 0. The van der Waals surface area contributed by atoms with Crippen molar-refractivity contribution in [2.45, 2.75) is 46.7 Å². The fourth-order valence-corrected chi connectivity index (χ4v) is 2.81. The van der Waals surface area contributed by atoms with Gasteiger partial charge in [0.15, 0.2) is 5.01 Å². The minimum absolute atomic E-state index is 0.00237. The lowest BCUT2D eigenvalue weighted by Gasteiger charge is -2.09. The molecule has 0 saturated heterocycles. The minimum Gasteiger partial charge on any atom is -0.358 e. The molecule has 0 radical (unpaired) electrons. The summed E-state index contributed by atoms with van der Waals surface area (Å²) in [6.07, 6.45) is 2.84. The summed E-state index contributed by atoms with van der Waals surface area (Å²) in [5, 5.41) is 13.0. The maximum absolute atomic E-state index is 12.5. The number of hydrogen-bond acceptors (Lipinski definition) is 5. The van der Waals surface area contributed by atoms with E-state index in [0.29, 0.717) is 29.1 Å². The van der Waals surface area contributed by atoms with E-state index >= 15 is 0 Å². The van der Waals surface area contributed by atoms with Crippen LogP contribution in [-0.2, 0) is 6.54 Å². The fourth-order valence-electron chi connectivity index (χ4n) is 1.94. The first-order valence-electron chi connectivity index (χ1n) is 7.31. The number of anilines is 1. The number of aromatic nitrogens is 3.